The van der Waals surface area contributed by atoms with E-state index >= 15 is 0 Å². The molecule has 0 atom stereocenters. The van der Waals surface area contributed by atoms with Gasteiger partial charge in [-0.05, 0) is 44.5 Å². The quantitative estimate of drug-likeness (QED) is 0.615. The average Bonchev–Trinajstić information content (AvgIpc) is 2.91. The monoisotopic (exact) mass is 353 g/mol. The van der Waals surface area contributed by atoms with Gasteiger partial charge < -0.3 is 19.1 Å². The smallest absolute Gasteiger partial charge is 0.326 e. The molecule has 2 rings (SSSR count). The molecule has 0 spiro atoms. The van der Waals surface area contributed by atoms with Crippen molar-refractivity contribution in [3.63, 3.8) is 0 Å². The Morgan fingerprint density at radius 3 is 2.71 bits per heavy atom. The van der Waals surface area contributed by atoms with Crippen LogP contribution in [0.3, 0.4) is 0 Å². The Bertz CT molecular complexity index is 678. The lowest BCUT2D eigenvalue weighted by Gasteiger charge is -2.22. The molecule has 1 aromatic rings. The van der Waals surface area contributed by atoms with E-state index in [2.05, 4.69) is 0 Å². The van der Waals surface area contributed by atoms with Crippen molar-refractivity contribution in [2.24, 2.45) is 0 Å². The van der Waals surface area contributed by atoms with Crippen LogP contribution in [0.25, 0.3) is 6.08 Å². The molecule has 1 aliphatic rings. The van der Waals surface area contributed by atoms with Gasteiger partial charge in [-0.3, -0.25) is 9.59 Å². The van der Waals surface area contributed by atoms with E-state index < -0.39 is 11.6 Å². The SMILES string of the molecule is CN(CC(=O)OC(C)(C)C)C(=O)/C=C/c1cc(Cl)c2c(c1)OCO2. The number of fused-ring (bicyclic) bond motifs is 1. The fraction of sp³-hybridized carbons (Fsp3) is 0.412. The molecule has 0 saturated carbocycles. The van der Waals surface area contributed by atoms with E-state index in [1.165, 1.54) is 18.0 Å². The minimum atomic E-state index is -0.583. The van der Waals surface area contributed by atoms with Crippen LogP contribution in [0.5, 0.6) is 11.5 Å². The number of hydrogen-bond acceptors (Lipinski definition) is 5. The molecule has 0 bridgehead atoms. The third kappa shape index (κ3) is 4.89. The first-order chi connectivity index (χ1) is 11.2. The van der Waals surface area contributed by atoms with E-state index in [1.54, 1.807) is 39.0 Å². The second-order valence-corrected chi connectivity index (χ2v) is 6.76. The van der Waals surface area contributed by atoms with E-state index in [4.69, 9.17) is 25.8 Å². The summed E-state index contributed by atoms with van der Waals surface area (Å²) in [6, 6.07) is 3.40. The lowest BCUT2D eigenvalue weighted by Crippen LogP contribution is -2.35. The van der Waals surface area contributed by atoms with Crippen molar-refractivity contribution < 1.29 is 23.8 Å². The number of carbonyl (C=O) groups is 2. The van der Waals surface area contributed by atoms with Gasteiger partial charge in [0.2, 0.25) is 12.7 Å². The number of halogens is 1. The molecular weight excluding hydrogens is 334 g/mol. The Morgan fingerprint density at radius 1 is 1.33 bits per heavy atom. The number of carbonyl (C=O) groups excluding carboxylic acids is 2. The summed E-state index contributed by atoms with van der Waals surface area (Å²) in [5, 5.41) is 0.416. The zero-order chi connectivity index (χ0) is 17.9. The maximum Gasteiger partial charge on any atom is 0.326 e. The van der Waals surface area contributed by atoms with Gasteiger partial charge >= 0.3 is 5.97 Å². The highest BCUT2D eigenvalue weighted by atomic mass is 35.5. The average molecular weight is 354 g/mol. The minimum absolute atomic E-state index is 0.123. The summed E-state index contributed by atoms with van der Waals surface area (Å²) in [7, 11) is 1.53. The number of nitrogens with zero attached hydrogens (tertiary/aromatic N) is 1. The standard InChI is InChI=1S/C17H20ClNO5/c1-17(2,3)24-15(21)9-19(4)14(20)6-5-11-7-12(18)16-13(8-11)22-10-23-16/h5-8H,9-10H2,1-4H3/b6-5+. The van der Waals surface area contributed by atoms with Crippen molar-refractivity contribution >= 4 is 29.6 Å². The van der Waals surface area contributed by atoms with Crippen molar-refractivity contribution in [1.82, 2.24) is 4.90 Å². The van der Waals surface area contributed by atoms with Crippen LogP contribution in [0.15, 0.2) is 18.2 Å². The van der Waals surface area contributed by atoms with Gasteiger partial charge in [0.15, 0.2) is 11.5 Å². The van der Waals surface area contributed by atoms with Crippen LogP contribution in [0.1, 0.15) is 26.3 Å². The summed E-state index contributed by atoms with van der Waals surface area (Å²) in [4.78, 5) is 25.1. The first-order valence-corrected chi connectivity index (χ1v) is 7.78. The Balaban J connectivity index is 1.97. The Labute approximate surface area is 145 Å². The third-order valence-corrected chi connectivity index (χ3v) is 3.31. The maximum absolute atomic E-state index is 12.1. The second-order valence-electron chi connectivity index (χ2n) is 6.35. The molecule has 0 saturated heterocycles. The Hall–Kier alpha value is -2.21. The molecule has 1 heterocycles. The summed E-state index contributed by atoms with van der Waals surface area (Å²) in [6.45, 7) is 5.32. The van der Waals surface area contributed by atoms with Gasteiger partial charge in [0.05, 0.1) is 5.02 Å². The minimum Gasteiger partial charge on any atom is -0.459 e. The van der Waals surface area contributed by atoms with Gasteiger partial charge in [-0.1, -0.05) is 11.6 Å². The highest BCUT2D eigenvalue weighted by Gasteiger charge is 2.20. The van der Waals surface area contributed by atoms with Gasteiger partial charge in [-0.15, -0.1) is 0 Å². The number of ether oxygens (including phenoxy) is 3. The molecule has 0 unspecified atom stereocenters. The van der Waals surface area contributed by atoms with E-state index in [0.717, 1.165) is 0 Å². The topological polar surface area (TPSA) is 65.1 Å². The van der Waals surface area contributed by atoms with Crippen molar-refractivity contribution in [3.8, 4) is 11.5 Å². The van der Waals surface area contributed by atoms with Crippen molar-refractivity contribution in [1.29, 1.82) is 0 Å². The van der Waals surface area contributed by atoms with Crippen LogP contribution in [0, 0.1) is 0 Å². The van der Waals surface area contributed by atoms with Crippen LogP contribution in [-0.2, 0) is 14.3 Å². The molecule has 7 heteroatoms. The van der Waals surface area contributed by atoms with Gasteiger partial charge in [0, 0.05) is 13.1 Å². The number of rotatable bonds is 4. The molecule has 0 aliphatic carbocycles. The largest absolute Gasteiger partial charge is 0.459 e. The second kappa shape index (κ2) is 7.13. The lowest BCUT2D eigenvalue weighted by atomic mass is 10.2. The highest BCUT2D eigenvalue weighted by Crippen LogP contribution is 2.40. The normalized spacial score (nSPS) is 13.2. The number of benzene rings is 1. The van der Waals surface area contributed by atoms with Gasteiger partial charge in [0.1, 0.15) is 12.1 Å². The third-order valence-electron chi connectivity index (χ3n) is 3.03. The van der Waals surface area contributed by atoms with Gasteiger partial charge in [-0.2, -0.15) is 0 Å². The lowest BCUT2D eigenvalue weighted by molar-refractivity contribution is -0.157. The van der Waals surface area contributed by atoms with Crippen LogP contribution in [0.2, 0.25) is 5.02 Å². The van der Waals surface area contributed by atoms with E-state index in [1.807, 2.05) is 0 Å². The number of likely N-dealkylation sites (N-methyl/N-ethyl adjacent to an activating group) is 1. The molecule has 24 heavy (non-hydrogen) atoms. The number of hydrogen-bond donors (Lipinski definition) is 0. The van der Waals surface area contributed by atoms with Crippen LogP contribution >= 0.6 is 11.6 Å². The fourth-order valence-electron chi connectivity index (χ4n) is 2.02. The summed E-state index contributed by atoms with van der Waals surface area (Å²) in [6.07, 6.45) is 2.96. The molecule has 130 valence electrons. The number of esters is 1. The first kappa shape index (κ1) is 18.1. The van der Waals surface area contributed by atoms with Crippen molar-refractivity contribution in [2.45, 2.75) is 26.4 Å². The van der Waals surface area contributed by atoms with Crippen molar-refractivity contribution in [2.75, 3.05) is 20.4 Å². The molecular formula is C17H20ClNO5. The predicted molar refractivity (Wildman–Crippen MR) is 90.1 cm³/mol. The Kier molecular flexibility index (Phi) is 5.39. The molecule has 0 radical (unpaired) electrons. The summed E-state index contributed by atoms with van der Waals surface area (Å²) in [5.41, 5.74) is 0.114. The molecule has 0 aromatic heterocycles. The summed E-state index contributed by atoms with van der Waals surface area (Å²) in [5.74, 6) is 0.256. The summed E-state index contributed by atoms with van der Waals surface area (Å²) >= 11 is 6.09. The Morgan fingerprint density at radius 2 is 2.04 bits per heavy atom. The molecule has 6 nitrogen and oxygen atoms in total. The molecule has 1 amide bonds. The van der Waals surface area contributed by atoms with Crippen LogP contribution < -0.4 is 9.47 Å². The maximum atomic E-state index is 12.1. The van der Waals surface area contributed by atoms with E-state index in [0.29, 0.717) is 22.1 Å². The summed E-state index contributed by atoms with van der Waals surface area (Å²) < 4.78 is 15.7. The van der Waals surface area contributed by atoms with Crippen LogP contribution in [0.4, 0.5) is 0 Å². The molecule has 1 aromatic carbocycles. The molecule has 1 aliphatic heterocycles. The zero-order valence-electron chi connectivity index (χ0n) is 14.1. The molecule has 0 fully saturated rings. The number of amides is 1. The van der Waals surface area contributed by atoms with Gasteiger partial charge in [-0.25, -0.2) is 0 Å². The first-order valence-electron chi connectivity index (χ1n) is 7.40. The van der Waals surface area contributed by atoms with E-state index in [-0.39, 0.29) is 19.2 Å². The van der Waals surface area contributed by atoms with Crippen LogP contribution in [-0.4, -0.2) is 42.8 Å². The van der Waals surface area contributed by atoms with Crippen molar-refractivity contribution in [3.05, 3.63) is 28.8 Å². The highest BCUT2D eigenvalue weighted by molar-refractivity contribution is 6.32. The van der Waals surface area contributed by atoms with E-state index in [9.17, 15) is 9.59 Å². The predicted octanol–water partition coefficient (Wildman–Crippen LogP) is 2.88. The molecule has 0 N–H and O–H groups in total. The fourth-order valence-corrected chi connectivity index (χ4v) is 2.30. The van der Waals surface area contributed by atoms with Gasteiger partial charge in [0.25, 0.3) is 0 Å². The zero-order valence-corrected chi connectivity index (χ0v) is 14.8.